The Morgan fingerprint density at radius 1 is 0.900 bits per heavy atom. The van der Waals surface area contributed by atoms with Crippen LogP contribution in [0.4, 0.5) is 16.2 Å². The summed E-state index contributed by atoms with van der Waals surface area (Å²) in [5.41, 5.74) is 11.9. The van der Waals surface area contributed by atoms with E-state index in [9.17, 15) is 4.39 Å². The Labute approximate surface area is 114 Å². The zero-order valence-corrected chi connectivity index (χ0v) is 10.4. The van der Waals surface area contributed by atoms with E-state index in [1.54, 1.807) is 30.3 Å². The lowest BCUT2D eigenvalue weighted by Crippen LogP contribution is -2.01. The molecule has 4 N–H and O–H groups in total. The number of nitrogens with two attached hydrogens (primary N) is 2. The summed E-state index contributed by atoms with van der Waals surface area (Å²) < 4.78 is 19.2. The van der Waals surface area contributed by atoms with E-state index >= 15 is 0 Å². The van der Waals surface area contributed by atoms with Crippen LogP contribution in [0.15, 0.2) is 42.5 Å². The molecule has 100 valence electrons. The molecule has 1 heterocycles. The predicted molar refractivity (Wildman–Crippen MR) is 74.8 cm³/mol. The van der Waals surface area contributed by atoms with Gasteiger partial charge in [0.05, 0.1) is 10.9 Å². The molecular formula is C14H11FN4O. The van der Waals surface area contributed by atoms with Crippen molar-refractivity contribution in [3.05, 3.63) is 48.3 Å². The molecule has 2 aromatic carbocycles. The fourth-order valence-corrected chi connectivity index (χ4v) is 1.93. The first kappa shape index (κ1) is 12.2. The molecule has 0 radical (unpaired) electrons. The molecule has 0 aliphatic carbocycles. The Hall–Kier alpha value is -2.89. The van der Waals surface area contributed by atoms with Crippen LogP contribution < -0.4 is 16.2 Å². The lowest BCUT2D eigenvalue weighted by atomic mass is 10.2. The molecule has 5 nitrogen and oxygen atoms in total. The molecule has 0 atom stereocenters. The maximum absolute atomic E-state index is 13.6. The highest BCUT2D eigenvalue weighted by Crippen LogP contribution is 2.33. The SMILES string of the molecule is Nc1nc(N)c2c(Oc3ccccc3F)cccc2n1. The summed E-state index contributed by atoms with van der Waals surface area (Å²) in [6.07, 6.45) is 0. The molecule has 0 unspecified atom stereocenters. The molecule has 0 fully saturated rings. The molecule has 6 heteroatoms. The maximum Gasteiger partial charge on any atom is 0.222 e. The van der Waals surface area contributed by atoms with E-state index in [1.165, 1.54) is 12.1 Å². The van der Waals surface area contributed by atoms with E-state index in [0.717, 1.165) is 0 Å². The van der Waals surface area contributed by atoms with Crippen LogP contribution in [0.3, 0.4) is 0 Å². The van der Waals surface area contributed by atoms with Gasteiger partial charge in [-0.2, -0.15) is 4.98 Å². The summed E-state index contributed by atoms with van der Waals surface area (Å²) >= 11 is 0. The molecule has 3 rings (SSSR count). The molecular weight excluding hydrogens is 259 g/mol. The largest absolute Gasteiger partial charge is 0.453 e. The van der Waals surface area contributed by atoms with Crippen molar-refractivity contribution in [3.8, 4) is 11.5 Å². The Kier molecular flexibility index (Phi) is 2.83. The van der Waals surface area contributed by atoms with E-state index in [4.69, 9.17) is 16.2 Å². The van der Waals surface area contributed by atoms with Crippen molar-refractivity contribution in [1.29, 1.82) is 0 Å². The number of anilines is 2. The molecule has 1 aromatic heterocycles. The molecule has 3 aromatic rings. The summed E-state index contributed by atoms with van der Waals surface area (Å²) in [6.45, 7) is 0. The van der Waals surface area contributed by atoms with Gasteiger partial charge in [-0.15, -0.1) is 0 Å². The van der Waals surface area contributed by atoms with Crippen molar-refractivity contribution >= 4 is 22.7 Å². The number of rotatable bonds is 2. The average Bonchev–Trinajstić information content (AvgIpc) is 2.41. The first-order valence-electron chi connectivity index (χ1n) is 5.89. The van der Waals surface area contributed by atoms with Gasteiger partial charge in [-0.1, -0.05) is 18.2 Å². The summed E-state index contributed by atoms with van der Waals surface area (Å²) in [4.78, 5) is 7.97. The van der Waals surface area contributed by atoms with Gasteiger partial charge >= 0.3 is 0 Å². The average molecular weight is 270 g/mol. The number of halogens is 1. The molecule has 0 amide bonds. The maximum atomic E-state index is 13.6. The van der Waals surface area contributed by atoms with E-state index in [-0.39, 0.29) is 17.5 Å². The standard InChI is InChI=1S/C14H11FN4O/c15-8-4-1-2-6-10(8)20-11-7-3-5-9-12(11)13(16)19-14(17)18-9/h1-7H,(H4,16,17,18,19). The van der Waals surface area contributed by atoms with Gasteiger partial charge < -0.3 is 16.2 Å². The van der Waals surface area contributed by atoms with Crippen LogP contribution >= 0.6 is 0 Å². The summed E-state index contributed by atoms with van der Waals surface area (Å²) in [5, 5.41) is 0.505. The minimum Gasteiger partial charge on any atom is -0.453 e. The van der Waals surface area contributed by atoms with Crippen molar-refractivity contribution in [2.24, 2.45) is 0 Å². The second-order valence-corrected chi connectivity index (χ2v) is 4.15. The number of benzene rings is 2. The number of hydrogen-bond donors (Lipinski definition) is 2. The van der Waals surface area contributed by atoms with Crippen LogP contribution in [-0.4, -0.2) is 9.97 Å². The Morgan fingerprint density at radius 2 is 1.65 bits per heavy atom. The fraction of sp³-hybridized carbons (Fsp3) is 0. The van der Waals surface area contributed by atoms with Crippen LogP contribution in [-0.2, 0) is 0 Å². The molecule has 0 aliphatic heterocycles. The number of para-hydroxylation sites is 1. The van der Waals surface area contributed by atoms with Gasteiger partial charge in [0, 0.05) is 0 Å². The number of fused-ring (bicyclic) bond motifs is 1. The van der Waals surface area contributed by atoms with Crippen molar-refractivity contribution in [2.75, 3.05) is 11.5 Å². The van der Waals surface area contributed by atoms with Gasteiger partial charge in [0.2, 0.25) is 5.95 Å². The Balaban J connectivity index is 2.15. The second-order valence-electron chi connectivity index (χ2n) is 4.15. The third-order valence-electron chi connectivity index (χ3n) is 2.79. The van der Waals surface area contributed by atoms with Crippen LogP contribution in [0, 0.1) is 5.82 Å². The van der Waals surface area contributed by atoms with Crippen LogP contribution in [0.5, 0.6) is 11.5 Å². The number of hydrogen-bond acceptors (Lipinski definition) is 5. The first-order valence-corrected chi connectivity index (χ1v) is 5.89. The molecule has 0 spiro atoms. The topological polar surface area (TPSA) is 87.0 Å². The van der Waals surface area contributed by atoms with Crippen LogP contribution in [0.1, 0.15) is 0 Å². The van der Waals surface area contributed by atoms with Crippen molar-refractivity contribution in [2.45, 2.75) is 0 Å². The highest BCUT2D eigenvalue weighted by atomic mass is 19.1. The van der Waals surface area contributed by atoms with Crippen LogP contribution in [0.25, 0.3) is 10.9 Å². The van der Waals surface area contributed by atoms with Gasteiger partial charge in [0.1, 0.15) is 11.6 Å². The second kappa shape index (κ2) is 4.65. The number of nitrogen functional groups attached to an aromatic ring is 2. The summed E-state index contributed by atoms with van der Waals surface area (Å²) in [5.74, 6) is 0.304. The fourth-order valence-electron chi connectivity index (χ4n) is 1.93. The molecule has 0 aliphatic rings. The third-order valence-corrected chi connectivity index (χ3v) is 2.79. The Morgan fingerprint density at radius 3 is 2.45 bits per heavy atom. The lowest BCUT2D eigenvalue weighted by molar-refractivity contribution is 0.446. The molecule has 20 heavy (non-hydrogen) atoms. The van der Waals surface area contributed by atoms with Crippen LogP contribution in [0.2, 0.25) is 0 Å². The van der Waals surface area contributed by atoms with Crippen molar-refractivity contribution < 1.29 is 9.13 Å². The quantitative estimate of drug-likeness (QED) is 0.747. The van der Waals surface area contributed by atoms with E-state index in [0.29, 0.717) is 16.7 Å². The highest BCUT2D eigenvalue weighted by Gasteiger charge is 2.11. The monoisotopic (exact) mass is 270 g/mol. The summed E-state index contributed by atoms with van der Waals surface area (Å²) in [6, 6.07) is 11.2. The smallest absolute Gasteiger partial charge is 0.222 e. The summed E-state index contributed by atoms with van der Waals surface area (Å²) in [7, 11) is 0. The minimum atomic E-state index is -0.459. The normalized spacial score (nSPS) is 10.7. The minimum absolute atomic E-state index is 0.0815. The first-order chi connectivity index (χ1) is 9.65. The number of nitrogens with zero attached hydrogens (tertiary/aromatic N) is 2. The number of aromatic nitrogens is 2. The van der Waals surface area contributed by atoms with Gasteiger partial charge in [-0.3, -0.25) is 0 Å². The van der Waals surface area contributed by atoms with Gasteiger partial charge in [0.25, 0.3) is 0 Å². The molecule has 0 bridgehead atoms. The Bertz CT molecular complexity index is 791. The van der Waals surface area contributed by atoms with Gasteiger partial charge in [-0.25, -0.2) is 9.37 Å². The number of ether oxygens (including phenoxy) is 1. The van der Waals surface area contributed by atoms with E-state index in [2.05, 4.69) is 9.97 Å². The lowest BCUT2D eigenvalue weighted by Gasteiger charge is -2.10. The highest BCUT2D eigenvalue weighted by molar-refractivity contribution is 5.94. The predicted octanol–water partition coefficient (Wildman–Crippen LogP) is 2.73. The third kappa shape index (κ3) is 2.07. The van der Waals surface area contributed by atoms with Crippen molar-refractivity contribution in [3.63, 3.8) is 0 Å². The van der Waals surface area contributed by atoms with Crippen molar-refractivity contribution in [1.82, 2.24) is 9.97 Å². The zero-order chi connectivity index (χ0) is 14.1. The molecule has 0 saturated carbocycles. The van der Waals surface area contributed by atoms with Gasteiger partial charge in [-0.05, 0) is 24.3 Å². The van der Waals surface area contributed by atoms with E-state index < -0.39 is 5.82 Å². The zero-order valence-electron chi connectivity index (χ0n) is 10.4. The molecule has 0 saturated heterocycles. The van der Waals surface area contributed by atoms with Gasteiger partial charge in [0.15, 0.2) is 11.6 Å². The van der Waals surface area contributed by atoms with E-state index in [1.807, 2.05) is 0 Å².